The van der Waals surface area contributed by atoms with Crippen LogP contribution in [0.5, 0.6) is 0 Å². The molecule has 0 radical (unpaired) electrons. The second-order valence-electron chi connectivity index (χ2n) is 18.2. The third-order valence-corrected chi connectivity index (χ3v) is 14.0. The standard InChI is InChI=1S/C67H41N5/c68-41-44-23-31-54(32-24-44)71(63-21-9-17-48-13-5-7-19-58(48)63)56-35-36-60-61(39-56)66(53-30-28-47-12-2-4-16-51(47)38-53)67-62(65(60)52-29-27-46-11-1-3-15-50(46)37-52)40-57(43-70-67)72(55-33-25-45(42-69)26-34-55)64-22-10-18-49-14-6-8-20-59(49)64/h1-40,43H. The Labute approximate surface area is 416 Å². The predicted molar refractivity (Wildman–Crippen MR) is 299 cm³/mol. The van der Waals surface area contributed by atoms with Gasteiger partial charge in [-0.15, -0.1) is 0 Å². The molecule has 1 aromatic heterocycles. The highest BCUT2D eigenvalue weighted by Gasteiger charge is 2.24. The first kappa shape index (κ1) is 42.1. The molecule has 12 aromatic carbocycles. The van der Waals surface area contributed by atoms with Crippen molar-refractivity contribution in [3.63, 3.8) is 0 Å². The molecule has 72 heavy (non-hydrogen) atoms. The van der Waals surface area contributed by atoms with Crippen molar-refractivity contribution in [3.05, 3.63) is 260 Å². The molecule has 5 nitrogen and oxygen atoms in total. The number of benzene rings is 12. The summed E-state index contributed by atoms with van der Waals surface area (Å²) in [6, 6.07) is 89.8. The van der Waals surface area contributed by atoms with E-state index in [1.807, 2.05) is 54.7 Å². The van der Waals surface area contributed by atoms with E-state index < -0.39 is 0 Å². The van der Waals surface area contributed by atoms with Crippen molar-refractivity contribution in [1.82, 2.24) is 4.98 Å². The molecule has 0 amide bonds. The minimum absolute atomic E-state index is 0.593. The lowest BCUT2D eigenvalue weighted by Gasteiger charge is -2.29. The molecule has 13 rings (SSSR count). The van der Waals surface area contributed by atoms with Crippen molar-refractivity contribution in [2.24, 2.45) is 0 Å². The van der Waals surface area contributed by atoms with Crippen molar-refractivity contribution in [1.29, 1.82) is 10.5 Å². The van der Waals surface area contributed by atoms with Gasteiger partial charge in [0.1, 0.15) is 0 Å². The summed E-state index contributed by atoms with van der Waals surface area (Å²) in [6.07, 6.45) is 2.01. The fourth-order valence-electron chi connectivity index (χ4n) is 10.7. The first-order valence-corrected chi connectivity index (χ1v) is 24.0. The molecular formula is C67H41N5. The molecule has 0 aliphatic rings. The maximum Gasteiger partial charge on any atom is 0.0991 e. The molecule has 0 N–H and O–H groups in total. The molecule has 0 saturated heterocycles. The van der Waals surface area contributed by atoms with E-state index in [9.17, 15) is 10.5 Å². The molecule has 0 atom stereocenters. The van der Waals surface area contributed by atoms with Crippen LogP contribution in [0.1, 0.15) is 11.1 Å². The minimum atomic E-state index is 0.593. The minimum Gasteiger partial charge on any atom is -0.310 e. The SMILES string of the molecule is N#Cc1ccc(N(c2ccc3c(-c4ccc5ccccc5c4)c4cc(N(c5ccc(C#N)cc5)c5cccc6ccccc56)cnc4c(-c4ccc5ccccc5c4)c3c2)c2cccc3ccccc23)cc1. The summed E-state index contributed by atoms with van der Waals surface area (Å²) >= 11 is 0. The topological polar surface area (TPSA) is 67.0 Å². The third-order valence-electron chi connectivity index (χ3n) is 14.0. The van der Waals surface area contributed by atoms with E-state index in [-0.39, 0.29) is 0 Å². The lowest BCUT2D eigenvalue weighted by Crippen LogP contribution is -2.11. The maximum absolute atomic E-state index is 9.87. The van der Waals surface area contributed by atoms with Crippen molar-refractivity contribution in [2.75, 3.05) is 9.80 Å². The second kappa shape index (κ2) is 17.5. The largest absolute Gasteiger partial charge is 0.310 e. The quantitative estimate of drug-likeness (QED) is 0.142. The summed E-state index contributed by atoms with van der Waals surface area (Å²) in [5.74, 6) is 0. The average Bonchev–Trinajstić information content (AvgIpc) is 3.45. The molecule has 0 spiro atoms. The second-order valence-corrected chi connectivity index (χ2v) is 18.2. The van der Waals surface area contributed by atoms with Gasteiger partial charge in [0.15, 0.2) is 0 Å². The van der Waals surface area contributed by atoms with Crippen LogP contribution < -0.4 is 9.80 Å². The number of hydrogen-bond donors (Lipinski definition) is 0. The summed E-state index contributed by atoms with van der Waals surface area (Å²) in [7, 11) is 0. The van der Waals surface area contributed by atoms with Gasteiger partial charge in [0.05, 0.1) is 52.0 Å². The number of pyridine rings is 1. The zero-order chi connectivity index (χ0) is 48.1. The first-order chi connectivity index (χ1) is 35.6. The Bertz CT molecular complexity index is 4080. The van der Waals surface area contributed by atoms with E-state index in [0.717, 1.165) is 116 Å². The molecule has 1 heterocycles. The van der Waals surface area contributed by atoms with E-state index in [1.54, 1.807) is 0 Å². The van der Waals surface area contributed by atoms with Gasteiger partial charge in [0, 0.05) is 38.8 Å². The average molecular weight is 916 g/mol. The first-order valence-electron chi connectivity index (χ1n) is 24.0. The maximum atomic E-state index is 9.87. The number of nitriles is 2. The smallest absolute Gasteiger partial charge is 0.0991 e. The summed E-state index contributed by atoms with van der Waals surface area (Å²) in [5.41, 5.74) is 12.0. The lowest BCUT2D eigenvalue weighted by molar-refractivity contribution is 1.26. The number of aromatic nitrogens is 1. The molecule has 0 fully saturated rings. The fraction of sp³-hybridized carbons (Fsp3) is 0. The van der Waals surface area contributed by atoms with Gasteiger partial charge < -0.3 is 9.80 Å². The Hall–Kier alpha value is -10.1. The van der Waals surface area contributed by atoms with Gasteiger partial charge in [-0.05, 0) is 151 Å². The molecule has 5 heteroatoms. The van der Waals surface area contributed by atoms with E-state index in [1.165, 1.54) is 5.39 Å². The highest BCUT2D eigenvalue weighted by Crippen LogP contribution is 2.49. The molecule has 0 aliphatic carbocycles. The number of hydrogen-bond acceptors (Lipinski definition) is 5. The molecular weight excluding hydrogens is 875 g/mol. The zero-order valence-electron chi connectivity index (χ0n) is 38.9. The number of anilines is 6. The fourth-order valence-corrected chi connectivity index (χ4v) is 10.7. The summed E-state index contributed by atoms with van der Waals surface area (Å²) < 4.78 is 0. The molecule has 334 valence electrons. The molecule has 0 bridgehead atoms. The number of rotatable bonds is 8. The molecule has 0 saturated carbocycles. The normalized spacial score (nSPS) is 11.3. The van der Waals surface area contributed by atoms with Crippen molar-refractivity contribution < 1.29 is 0 Å². The van der Waals surface area contributed by atoms with Gasteiger partial charge in [-0.1, -0.05) is 152 Å². The Morgan fingerprint density at radius 3 is 1.29 bits per heavy atom. The van der Waals surface area contributed by atoms with E-state index in [2.05, 4.69) is 216 Å². The van der Waals surface area contributed by atoms with Crippen LogP contribution in [0.4, 0.5) is 34.1 Å². The monoisotopic (exact) mass is 915 g/mol. The highest BCUT2D eigenvalue weighted by atomic mass is 15.2. The molecule has 13 aromatic rings. The van der Waals surface area contributed by atoms with Crippen molar-refractivity contribution in [3.8, 4) is 34.4 Å². The van der Waals surface area contributed by atoms with E-state index >= 15 is 0 Å². The van der Waals surface area contributed by atoms with Gasteiger partial charge in [-0.3, -0.25) is 4.98 Å². The van der Waals surface area contributed by atoms with Gasteiger partial charge >= 0.3 is 0 Å². The number of nitrogens with zero attached hydrogens (tertiary/aromatic N) is 5. The Morgan fingerprint density at radius 2 is 0.750 bits per heavy atom. The zero-order valence-corrected chi connectivity index (χ0v) is 38.9. The van der Waals surface area contributed by atoms with E-state index in [0.29, 0.717) is 11.1 Å². The summed E-state index contributed by atoms with van der Waals surface area (Å²) in [6.45, 7) is 0. The Kier molecular flexibility index (Phi) is 10.2. The van der Waals surface area contributed by atoms with Crippen LogP contribution >= 0.6 is 0 Å². The summed E-state index contributed by atoms with van der Waals surface area (Å²) in [5, 5.41) is 32.0. The summed E-state index contributed by atoms with van der Waals surface area (Å²) in [4.78, 5) is 10.2. The highest BCUT2D eigenvalue weighted by molar-refractivity contribution is 6.22. The van der Waals surface area contributed by atoms with Crippen molar-refractivity contribution in [2.45, 2.75) is 0 Å². The van der Waals surface area contributed by atoms with Crippen molar-refractivity contribution >= 4 is 98.9 Å². The third kappa shape index (κ3) is 7.21. The van der Waals surface area contributed by atoms with Crippen LogP contribution in [0.25, 0.3) is 87.0 Å². The van der Waals surface area contributed by atoms with Gasteiger partial charge in [-0.25, -0.2) is 0 Å². The van der Waals surface area contributed by atoms with Gasteiger partial charge in [0.2, 0.25) is 0 Å². The van der Waals surface area contributed by atoms with Gasteiger partial charge in [0.25, 0.3) is 0 Å². The predicted octanol–water partition coefficient (Wildman–Crippen LogP) is 18.0. The number of fused-ring (bicyclic) bond motifs is 6. The van der Waals surface area contributed by atoms with E-state index in [4.69, 9.17) is 4.98 Å². The molecule has 0 unspecified atom stereocenters. The molecule has 0 aliphatic heterocycles. The van der Waals surface area contributed by atoms with Crippen LogP contribution in [0.2, 0.25) is 0 Å². The van der Waals surface area contributed by atoms with Crippen LogP contribution in [0.15, 0.2) is 249 Å². The van der Waals surface area contributed by atoms with Crippen LogP contribution in [0, 0.1) is 22.7 Å². The van der Waals surface area contributed by atoms with Crippen LogP contribution in [-0.2, 0) is 0 Å². The Balaban J connectivity index is 1.15. The van der Waals surface area contributed by atoms with Crippen LogP contribution in [0.3, 0.4) is 0 Å². The lowest BCUT2D eigenvalue weighted by atomic mass is 9.86. The van der Waals surface area contributed by atoms with Crippen LogP contribution in [-0.4, -0.2) is 4.98 Å². The Morgan fingerprint density at radius 1 is 0.306 bits per heavy atom. The van der Waals surface area contributed by atoms with Gasteiger partial charge in [-0.2, -0.15) is 10.5 Å².